The first-order valence-corrected chi connectivity index (χ1v) is 11.3. The average Bonchev–Trinajstić information content (AvgIpc) is 2.96. The minimum absolute atomic E-state index is 0.0259. The summed E-state index contributed by atoms with van der Waals surface area (Å²) in [6.07, 6.45) is 0.944. The highest BCUT2D eigenvalue weighted by Crippen LogP contribution is 2.25. The second kappa shape index (κ2) is 7.58. The van der Waals surface area contributed by atoms with Crippen molar-refractivity contribution < 1.29 is 8.42 Å². The van der Waals surface area contributed by atoms with Crippen molar-refractivity contribution in [3.05, 3.63) is 63.3 Å². The summed E-state index contributed by atoms with van der Waals surface area (Å²) in [4.78, 5) is 12.3. The Balaban J connectivity index is 1.90. The van der Waals surface area contributed by atoms with E-state index in [0.29, 0.717) is 4.70 Å². The summed E-state index contributed by atoms with van der Waals surface area (Å²) in [7, 11) is -3.69. The van der Waals surface area contributed by atoms with Crippen LogP contribution in [0.25, 0.3) is 10.2 Å². The molecular formula is C20H24N2O3S2. The van der Waals surface area contributed by atoms with Gasteiger partial charge >= 0.3 is 4.87 Å². The van der Waals surface area contributed by atoms with Crippen molar-refractivity contribution in [1.82, 2.24) is 9.29 Å². The van der Waals surface area contributed by atoms with E-state index < -0.39 is 10.0 Å². The van der Waals surface area contributed by atoms with Crippen LogP contribution in [0.4, 0.5) is 0 Å². The molecule has 0 bridgehead atoms. The van der Waals surface area contributed by atoms with Crippen LogP contribution in [-0.2, 0) is 16.4 Å². The van der Waals surface area contributed by atoms with E-state index in [9.17, 15) is 13.2 Å². The summed E-state index contributed by atoms with van der Waals surface area (Å²) < 4.78 is 30.7. The minimum atomic E-state index is -3.69. The maximum atomic E-state index is 12.8. The van der Waals surface area contributed by atoms with Gasteiger partial charge in [-0.05, 0) is 56.5 Å². The van der Waals surface area contributed by atoms with Gasteiger partial charge in [0, 0.05) is 12.1 Å². The van der Waals surface area contributed by atoms with Gasteiger partial charge in [-0.25, -0.2) is 13.1 Å². The van der Waals surface area contributed by atoms with Crippen molar-refractivity contribution in [3.8, 4) is 0 Å². The third-order valence-electron chi connectivity index (χ3n) is 4.63. The van der Waals surface area contributed by atoms with Crippen molar-refractivity contribution in [2.24, 2.45) is 0 Å². The lowest BCUT2D eigenvalue weighted by molar-refractivity contribution is 0.567. The summed E-state index contributed by atoms with van der Waals surface area (Å²) in [5.74, 6) is 0. The summed E-state index contributed by atoms with van der Waals surface area (Å²) in [6, 6.07) is 12.4. The minimum Gasteiger partial charge on any atom is -0.296 e. The van der Waals surface area contributed by atoms with Gasteiger partial charge in [-0.2, -0.15) is 0 Å². The molecule has 0 aliphatic rings. The fourth-order valence-electron chi connectivity index (χ4n) is 3.08. The predicted molar refractivity (Wildman–Crippen MR) is 111 cm³/mol. The predicted octanol–water partition coefficient (Wildman–Crippen LogP) is 4.25. The Labute approximate surface area is 163 Å². The second-order valence-electron chi connectivity index (χ2n) is 6.90. The Morgan fingerprint density at radius 1 is 1.07 bits per heavy atom. The van der Waals surface area contributed by atoms with E-state index in [-0.39, 0.29) is 21.9 Å². The standard InChI is InChI=1S/C20H24N2O3S2/c1-5-15-6-8-16(9-7-15)14(4)21-27(24,25)17-10-11-18-19(12-17)26-20(23)22(18)13(2)3/h6-14,21H,5H2,1-4H3. The summed E-state index contributed by atoms with van der Waals surface area (Å²) in [5, 5.41) is 0. The fourth-order valence-corrected chi connectivity index (χ4v) is 5.47. The molecule has 27 heavy (non-hydrogen) atoms. The van der Waals surface area contributed by atoms with Gasteiger partial charge in [0.2, 0.25) is 10.0 Å². The maximum absolute atomic E-state index is 12.8. The van der Waals surface area contributed by atoms with Crippen molar-refractivity contribution in [1.29, 1.82) is 0 Å². The molecule has 1 aromatic heterocycles. The van der Waals surface area contributed by atoms with Gasteiger partial charge in [0.25, 0.3) is 0 Å². The van der Waals surface area contributed by atoms with Crippen LogP contribution in [-0.4, -0.2) is 13.0 Å². The number of aromatic nitrogens is 1. The van der Waals surface area contributed by atoms with E-state index in [0.717, 1.165) is 28.8 Å². The molecule has 3 rings (SSSR count). The number of fused-ring (bicyclic) bond motifs is 1. The SMILES string of the molecule is CCc1ccc(C(C)NS(=O)(=O)c2ccc3c(c2)sc(=O)n3C(C)C)cc1. The zero-order chi connectivity index (χ0) is 19.8. The summed E-state index contributed by atoms with van der Waals surface area (Å²) in [6.45, 7) is 7.78. The highest BCUT2D eigenvalue weighted by atomic mass is 32.2. The Kier molecular flexibility index (Phi) is 5.55. The number of benzene rings is 2. The molecule has 3 aromatic rings. The molecule has 0 spiro atoms. The number of hydrogen-bond acceptors (Lipinski definition) is 4. The molecule has 0 saturated heterocycles. The normalized spacial score (nSPS) is 13.4. The molecule has 1 heterocycles. The summed E-state index contributed by atoms with van der Waals surface area (Å²) >= 11 is 1.07. The number of thiazole rings is 1. The van der Waals surface area contributed by atoms with Crippen LogP contribution in [0.3, 0.4) is 0 Å². The van der Waals surface area contributed by atoms with Crippen LogP contribution in [0.2, 0.25) is 0 Å². The molecule has 0 fully saturated rings. The number of aryl methyl sites for hydroxylation is 1. The lowest BCUT2D eigenvalue weighted by Crippen LogP contribution is -2.26. The van der Waals surface area contributed by atoms with Crippen molar-refractivity contribution in [3.63, 3.8) is 0 Å². The van der Waals surface area contributed by atoms with E-state index in [1.54, 1.807) is 22.8 Å². The molecule has 0 aliphatic heterocycles. The van der Waals surface area contributed by atoms with Crippen molar-refractivity contribution in [2.45, 2.75) is 51.1 Å². The molecule has 0 radical (unpaired) electrons. The Morgan fingerprint density at radius 3 is 2.33 bits per heavy atom. The monoisotopic (exact) mass is 404 g/mol. The molecule has 1 N–H and O–H groups in total. The molecule has 1 atom stereocenters. The molecular weight excluding hydrogens is 380 g/mol. The Hall–Kier alpha value is -1.96. The largest absolute Gasteiger partial charge is 0.308 e. The number of nitrogens with one attached hydrogen (secondary N) is 1. The van der Waals surface area contributed by atoms with Crippen molar-refractivity contribution >= 4 is 31.6 Å². The third-order valence-corrected chi connectivity index (χ3v) is 7.09. The molecule has 7 heteroatoms. The number of sulfonamides is 1. The number of rotatable bonds is 6. The van der Waals surface area contributed by atoms with Crippen molar-refractivity contribution in [2.75, 3.05) is 0 Å². The average molecular weight is 405 g/mol. The molecule has 0 amide bonds. The van der Waals surface area contributed by atoms with Gasteiger partial charge in [0.15, 0.2) is 0 Å². The molecule has 0 aliphatic carbocycles. The van der Waals surface area contributed by atoms with Crippen LogP contribution in [0.15, 0.2) is 52.2 Å². The summed E-state index contributed by atoms with van der Waals surface area (Å²) in [5.41, 5.74) is 2.89. The van der Waals surface area contributed by atoms with Gasteiger partial charge in [0.05, 0.1) is 15.1 Å². The van der Waals surface area contributed by atoms with Crippen LogP contribution < -0.4 is 9.60 Å². The Bertz CT molecular complexity index is 1110. The highest BCUT2D eigenvalue weighted by molar-refractivity contribution is 7.89. The third kappa shape index (κ3) is 4.00. The van der Waals surface area contributed by atoms with E-state index in [2.05, 4.69) is 11.6 Å². The zero-order valence-electron chi connectivity index (χ0n) is 15.9. The van der Waals surface area contributed by atoms with E-state index in [4.69, 9.17) is 0 Å². The smallest absolute Gasteiger partial charge is 0.296 e. The Morgan fingerprint density at radius 2 is 1.74 bits per heavy atom. The van der Waals surface area contributed by atoms with Gasteiger partial charge in [-0.15, -0.1) is 0 Å². The zero-order valence-corrected chi connectivity index (χ0v) is 17.5. The van der Waals surface area contributed by atoms with Crippen LogP contribution in [0.1, 0.15) is 50.9 Å². The quantitative estimate of drug-likeness (QED) is 0.668. The fraction of sp³-hybridized carbons (Fsp3) is 0.350. The van der Waals surface area contributed by atoms with Gasteiger partial charge in [-0.3, -0.25) is 9.36 Å². The van der Waals surface area contributed by atoms with Crippen LogP contribution >= 0.6 is 11.3 Å². The first kappa shape index (κ1) is 19.8. The number of hydrogen-bond donors (Lipinski definition) is 1. The first-order valence-electron chi connectivity index (χ1n) is 8.99. The number of nitrogens with zero attached hydrogens (tertiary/aromatic N) is 1. The maximum Gasteiger partial charge on any atom is 0.308 e. The highest BCUT2D eigenvalue weighted by Gasteiger charge is 2.20. The lowest BCUT2D eigenvalue weighted by atomic mass is 10.1. The topological polar surface area (TPSA) is 68.2 Å². The molecule has 5 nitrogen and oxygen atoms in total. The van der Waals surface area contributed by atoms with Gasteiger partial charge in [0.1, 0.15) is 0 Å². The van der Waals surface area contributed by atoms with Gasteiger partial charge < -0.3 is 0 Å². The second-order valence-corrected chi connectivity index (χ2v) is 9.61. The van der Waals surface area contributed by atoms with Gasteiger partial charge in [-0.1, -0.05) is 42.5 Å². The van der Waals surface area contributed by atoms with E-state index in [1.165, 1.54) is 5.56 Å². The first-order chi connectivity index (χ1) is 12.7. The van der Waals surface area contributed by atoms with E-state index in [1.807, 2.05) is 45.0 Å². The lowest BCUT2D eigenvalue weighted by Gasteiger charge is -2.15. The van der Waals surface area contributed by atoms with E-state index >= 15 is 0 Å². The molecule has 2 aromatic carbocycles. The molecule has 0 saturated carbocycles. The molecule has 144 valence electrons. The molecule has 1 unspecified atom stereocenters. The van der Waals surface area contributed by atoms with Crippen LogP contribution in [0, 0.1) is 0 Å². The van der Waals surface area contributed by atoms with Crippen LogP contribution in [0.5, 0.6) is 0 Å².